The van der Waals surface area contributed by atoms with E-state index in [-0.39, 0.29) is 29.7 Å². The summed E-state index contributed by atoms with van der Waals surface area (Å²) in [5, 5.41) is 3.14. The average molecular weight is 620 g/mol. The van der Waals surface area contributed by atoms with Gasteiger partial charge in [-0.3, -0.25) is 13.7 Å². The summed E-state index contributed by atoms with van der Waals surface area (Å²) >= 11 is -0.337. The first-order valence-corrected chi connectivity index (χ1v) is 14.7. The van der Waals surface area contributed by atoms with Gasteiger partial charge in [0, 0.05) is 31.2 Å². The Labute approximate surface area is 214 Å². The lowest BCUT2D eigenvalue weighted by Crippen LogP contribution is -2.28. The number of aromatic nitrogens is 1. The third kappa shape index (κ3) is 6.34. The fourth-order valence-electron chi connectivity index (χ4n) is 3.48. The molecular formula is C22H26IN3O6S2. The molecule has 3 rings (SSSR count). The summed E-state index contributed by atoms with van der Waals surface area (Å²) in [5.41, 5.74) is 2.30. The number of sulfone groups is 1. The number of unbranched alkanes of at least 4 members (excludes halogenated alkanes) is 2. The number of furan rings is 1. The summed E-state index contributed by atoms with van der Waals surface area (Å²) < 4.78 is 52.4. The van der Waals surface area contributed by atoms with Gasteiger partial charge in [-0.25, -0.2) is 12.6 Å². The smallest absolute Gasteiger partial charge is 0.263 e. The predicted molar refractivity (Wildman–Crippen MR) is 142 cm³/mol. The molecule has 1 amide bonds. The van der Waals surface area contributed by atoms with E-state index >= 15 is 0 Å². The molecule has 0 radical (unpaired) electrons. The molecule has 0 saturated heterocycles. The summed E-state index contributed by atoms with van der Waals surface area (Å²) in [6.07, 6.45) is 2.75. The molecule has 3 aromatic rings. The maximum absolute atomic E-state index is 12.7. The Morgan fingerprint density at radius 3 is 2.50 bits per heavy atom. The first-order chi connectivity index (χ1) is 16.0. The van der Waals surface area contributed by atoms with Gasteiger partial charge in [-0.15, -0.1) is 0 Å². The molecule has 0 fully saturated rings. The molecule has 184 valence electrons. The van der Waals surface area contributed by atoms with Gasteiger partial charge in [0.25, 0.3) is 17.2 Å². The Hall–Kier alpha value is -2.03. The van der Waals surface area contributed by atoms with E-state index in [1.165, 1.54) is 17.6 Å². The summed E-state index contributed by atoms with van der Waals surface area (Å²) in [5.74, 6) is 0.373. The maximum Gasteiger partial charge on any atom is 0.263 e. The highest BCUT2D eigenvalue weighted by atomic mass is 127. The minimum absolute atomic E-state index is 0.0768. The summed E-state index contributed by atoms with van der Waals surface area (Å²) in [6.45, 7) is 2.16. The van der Waals surface area contributed by atoms with E-state index < -0.39 is 21.1 Å². The van der Waals surface area contributed by atoms with Crippen molar-refractivity contribution in [1.82, 2.24) is 10.3 Å². The van der Waals surface area contributed by atoms with Crippen LogP contribution >= 0.6 is 22.6 Å². The van der Waals surface area contributed by atoms with Crippen molar-refractivity contribution in [3.8, 4) is 11.3 Å². The van der Waals surface area contributed by atoms with E-state index in [2.05, 4.69) is 10.3 Å². The molecule has 0 aliphatic heterocycles. The second-order valence-corrected chi connectivity index (χ2v) is 12.2. The summed E-state index contributed by atoms with van der Waals surface area (Å²) in [7, 11) is -1.51. The Bertz CT molecular complexity index is 1320. The highest BCUT2D eigenvalue weighted by molar-refractivity contribution is 14.1. The van der Waals surface area contributed by atoms with E-state index in [0.717, 1.165) is 5.56 Å². The number of anilines is 1. The lowest BCUT2D eigenvalue weighted by atomic mass is 10.0. The number of amides is 1. The number of hydrogen-bond acceptors (Lipinski definition) is 6. The average Bonchev–Trinajstić information content (AvgIpc) is 3.13. The van der Waals surface area contributed by atoms with Gasteiger partial charge in [0.15, 0.2) is 5.82 Å². The maximum atomic E-state index is 12.7. The van der Waals surface area contributed by atoms with Crippen LogP contribution in [-0.2, 0) is 21.1 Å². The molecule has 12 heteroatoms. The van der Waals surface area contributed by atoms with Gasteiger partial charge in [0.1, 0.15) is 15.6 Å². The second-order valence-electron chi connectivity index (χ2n) is 7.92. The predicted octanol–water partition coefficient (Wildman–Crippen LogP) is 3.93. The number of pyridine rings is 1. The molecule has 9 nitrogen and oxygen atoms in total. The molecule has 2 aromatic heterocycles. The fourth-order valence-corrected chi connectivity index (χ4v) is 5.67. The number of hydrogen-bond donors (Lipinski definition) is 2. The van der Waals surface area contributed by atoms with Crippen molar-refractivity contribution in [1.29, 1.82) is 0 Å². The van der Waals surface area contributed by atoms with E-state index in [1.807, 2.05) is 53.8 Å². The van der Waals surface area contributed by atoms with Crippen molar-refractivity contribution in [3.05, 3.63) is 45.0 Å². The third-order valence-corrected chi connectivity index (χ3v) is 7.74. The Morgan fingerprint density at radius 1 is 1.24 bits per heavy atom. The number of nitrogens with zero attached hydrogens (tertiary/aromatic N) is 2. The van der Waals surface area contributed by atoms with E-state index in [1.54, 1.807) is 6.07 Å². The van der Waals surface area contributed by atoms with Crippen LogP contribution in [0.3, 0.4) is 0 Å². The molecule has 0 bridgehead atoms. The quantitative estimate of drug-likeness (QED) is 0.200. The summed E-state index contributed by atoms with van der Waals surface area (Å²) in [4.78, 5) is 17.2. The van der Waals surface area contributed by atoms with Gasteiger partial charge >= 0.3 is 0 Å². The number of nitrogens with one attached hydrogen (secondary N) is 1. The van der Waals surface area contributed by atoms with Gasteiger partial charge in [-0.2, -0.15) is 4.98 Å². The van der Waals surface area contributed by atoms with Crippen molar-refractivity contribution in [2.24, 2.45) is 0 Å². The molecule has 1 unspecified atom stereocenters. The van der Waals surface area contributed by atoms with Crippen molar-refractivity contribution in [3.63, 3.8) is 0 Å². The van der Waals surface area contributed by atoms with Crippen LogP contribution in [0.15, 0.2) is 34.7 Å². The normalized spacial score (nSPS) is 12.6. The van der Waals surface area contributed by atoms with Crippen molar-refractivity contribution >= 4 is 66.5 Å². The Balaban J connectivity index is 1.98. The topological polar surface area (TPSA) is 130 Å². The molecule has 1 aromatic carbocycles. The molecule has 34 heavy (non-hydrogen) atoms. The highest BCUT2D eigenvalue weighted by Crippen LogP contribution is 2.36. The molecule has 2 heterocycles. The van der Waals surface area contributed by atoms with Gasteiger partial charge in [-0.05, 0) is 48.4 Å². The standard InChI is InChI=1S/C22H26IN3O6S2/c1-14-7-9-15(10-8-14)19-18(21(27)24-2)16-13-17(23)20(25-22(16)32-19)26(33(28)29)11-5-4-6-12-34(3,30)31/h7-10,13H,4-6,11-12H2,1-3H3,(H,24,27)(H,28,29). The second kappa shape index (κ2) is 11.1. The van der Waals surface area contributed by atoms with Gasteiger partial charge in [0.2, 0.25) is 5.71 Å². The lowest BCUT2D eigenvalue weighted by molar-refractivity contribution is 0.0964. The van der Waals surface area contributed by atoms with Crippen LogP contribution in [0.4, 0.5) is 5.82 Å². The number of fused-ring (bicyclic) bond motifs is 1. The highest BCUT2D eigenvalue weighted by Gasteiger charge is 2.26. The van der Waals surface area contributed by atoms with Gasteiger partial charge in [-0.1, -0.05) is 36.2 Å². The molecule has 1 atom stereocenters. The first-order valence-electron chi connectivity index (χ1n) is 10.5. The van der Waals surface area contributed by atoms with E-state index in [0.29, 0.717) is 45.1 Å². The van der Waals surface area contributed by atoms with Crippen molar-refractivity contribution in [2.75, 3.05) is 29.9 Å². The van der Waals surface area contributed by atoms with Gasteiger partial charge in [0.05, 0.1) is 14.5 Å². The Morgan fingerprint density at radius 2 is 1.91 bits per heavy atom. The first kappa shape index (κ1) is 26.6. The molecule has 0 saturated carbocycles. The molecular weight excluding hydrogens is 593 g/mol. The number of carbonyl (C=O) groups excluding carboxylic acids is 1. The zero-order valence-corrected chi connectivity index (χ0v) is 22.8. The number of halogens is 1. The monoisotopic (exact) mass is 619 g/mol. The third-order valence-electron chi connectivity index (χ3n) is 5.19. The van der Waals surface area contributed by atoms with Crippen molar-refractivity contribution in [2.45, 2.75) is 26.2 Å². The zero-order valence-electron chi connectivity index (χ0n) is 19.0. The van der Waals surface area contributed by atoms with Crippen molar-refractivity contribution < 1.29 is 26.4 Å². The minimum Gasteiger partial charge on any atom is -0.437 e. The van der Waals surface area contributed by atoms with Gasteiger partial charge < -0.3 is 9.73 Å². The molecule has 0 aliphatic rings. The number of carbonyl (C=O) groups is 1. The van der Waals surface area contributed by atoms with E-state index in [4.69, 9.17) is 4.42 Å². The van der Waals surface area contributed by atoms with Crippen LogP contribution in [0, 0.1) is 10.5 Å². The van der Waals surface area contributed by atoms with Crippen LogP contribution in [0.5, 0.6) is 0 Å². The molecule has 0 aliphatic carbocycles. The van der Waals surface area contributed by atoms with Crippen LogP contribution < -0.4 is 9.62 Å². The van der Waals surface area contributed by atoms with Crippen LogP contribution in [0.25, 0.3) is 22.4 Å². The molecule has 2 N–H and O–H groups in total. The van der Waals surface area contributed by atoms with Crippen LogP contribution in [-0.4, -0.2) is 53.7 Å². The minimum atomic E-state index is -3.04. The largest absolute Gasteiger partial charge is 0.437 e. The fraction of sp³-hybridized carbons (Fsp3) is 0.364. The number of aryl methyl sites for hydroxylation is 1. The summed E-state index contributed by atoms with van der Waals surface area (Å²) in [6, 6.07) is 9.26. The number of benzene rings is 1. The zero-order chi connectivity index (χ0) is 25.0. The SMILES string of the molecule is CNC(=O)c1c(-c2ccc(C)cc2)oc2nc(N(CCCCCS(C)(=O)=O)S(=O)O)c(I)cc12. The number of rotatable bonds is 10. The molecule has 0 spiro atoms. The van der Waals surface area contributed by atoms with Crippen LogP contribution in [0.1, 0.15) is 35.2 Å². The Kier molecular flexibility index (Phi) is 8.71. The van der Waals surface area contributed by atoms with E-state index in [9.17, 15) is 22.0 Å². The van der Waals surface area contributed by atoms with Crippen LogP contribution in [0.2, 0.25) is 0 Å². The lowest BCUT2D eigenvalue weighted by Gasteiger charge is -2.20.